The van der Waals surface area contributed by atoms with E-state index in [0.29, 0.717) is 10.8 Å². The summed E-state index contributed by atoms with van der Waals surface area (Å²) < 4.78 is 0.969. The molecule has 2 heterocycles. The van der Waals surface area contributed by atoms with Gasteiger partial charge in [0.1, 0.15) is 0 Å². The molecule has 162 valence electrons. The molecular formula is C25H27BrN2O2S. The predicted molar refractivity (Wildman–Crippen MR) is 132 cm³/mol. The van der Waals surface area contributed by atoms with E-state index in [1.54, 1.807) is 0 Å². The molecule has 0 spiro atoms. The van der Waals surface area contributed by atoms with Gasteiger partial charge in [0.05, 0.1) is 11.4 Å². The van der Waals surface area contributed by atoms with Crippen LogP contribution in [0.1, 0.15) is 56.7 Å². The van der Waals surface area contributed by atoms with Crippen LogP contribution in [0.2, 0.25) is 0 Å². The van der Waals surface area contributed by atoms with Crippen LogP contribution < -0.4 is 4.90 Å². The summed E-state index contributed by atoms with van der Waals surface area (Å²) in [6.45, 7) is 10.3. The van der Waals surface area contributed by atoms with Crippen molar-refractivity contribution in [2.24, 2.45) is 0 Å². The van der Waals surface area contributed by atoms with Gasteiger partial charge in [0, 0.05) is 22.2 Å². The molecule has 2 aliphatic heterocycles. The number of halogens is 1. The topological polar surface area (TPSA) is 40.6 Å². The Labute approximate surface area is 196 Å². The maximum absolute atomic E-state index is 12.9. The number of carbonyl (C=O) groups excluding carboxylic acids is 2. The van der Waals surface area contributed by atoms with Gasteiger partial charge in [0.25, 0.3) is 11.1 Å². The van der Waals surface area contributed by atoms with Crippen molar-refractivity contribution in [2.45, 2.75) is 52.1 Å². The molecule has 2 aliphatic rings. The molecular weight excluding hydrogens is 472 g/mol. The van der Waals surface area contributed by atoms with Crippen molar-refractivity contribution in [3.8, 4) is 0 Å². The van der Waals surface area contributed by atoms with Crippen molar-refractivity contribution in [1.29, 1.82) is 0 Å². The Balaban J connectivity index is 1.59. The minimum absolute atomic E-state index is 0.123. The molecule has 0 aromatic heterocycles. The van der Waals surface area contributed by atoms with E-state index < -0.39 is 0 Å². The standard InChI is InChI=1S/C25H27BrN2O2S/c1-5-28-21-11-8-18(12-20(21)16(2)14-25(28,3)4)13-22-23(29)27(24(30)31-22)15-17-6-9-19(26)10-7-17/h6-13,16H,5,14-15H2,1-4H3/b22-13-/t16-/m1/s1. The van der Waals surface area contributed by atoms with Gasteiger partial charge in [-0.1, -0.05) is 41.1 Å². The number of benzene rings is 2. The molecule has 2 amide bonds. The first-order chi connectivity index (χ1) is 14.7. The molecule has 0 bridgehead atoms. The highest BCUT2D eigenvalue weighted by Gasteiger charge is 2.37. The fourth-order valence-electron chi connectivity index (χ4n) is 4.76. The van der Waals surface area contributed by atoms with Gasteiger partial charge in [-0.3, -0.25) is 14.5 Å². The van der Waals surface area contributed by atoms with Gasteiger partial charge in [0.15, 0.2) is 0 Å². The summed E-state index contributed by atoms with van der Waals surface area (Å²) in [5, 5.41) is -0.218. The number of rotatable bonds is 4. The quantitative estimate of drug-likeness (QED) is 0.434. The van der Waals surface area contributed by atoms with E-state index in [1.807, 2.05) is 30.3 Å². The molecule has 2 aromatic rings. The monoisotopic (exact) mass is 498 g/mol. The first-order valence-electron chi connectivity index (χ1n) is 10.6. The highest BCUT2D eigenvalue weighted by Crippen LogP contribution is 2.44. The van der Waals surface area contributed by atoms with Crippen molar-refractivity contribution < 1.29 is 9.59 Å². The van der Waals surface area contributed by atoms with Crippen LogP contribution in [-0.4, -0.2) is 28.1 Å². The lowest BCUT2D eigenvalue weighted by Gasteiger charge is -2.47. The number of fused-ring (bicyclic) bond motifs is 1. The minimum atomic E-state index is -0.222. The number of thioether (sulfide) groups is 1. The van der Waals surface area contributed by atoms with Crippen molar-refractivity contribution >= 4 is 50.6 Å². The van der Waals surface area contributed by atoms with E-state index in [0.717, 1.165) is 40.3 Å². The number of nitrogens with zero attached hydrogens (tertiary/aromatic N) is 2. The van der Waals surface area contributed by atoms with Crippen LogP contribution >= 0.6 is 27.7 Å². The Kier molecular flexibility index (Phi) is 6.05. The van der Waals surface area contributed by atoms with Crippen LogP contribution in [0.4, 0.5) is 10.5 Å². The third-order valence-electron chi connectivity index (χ3n) is 6.15. The molecule has 1 fully saturated rings. The van der Waals surface area contributed by atoms with Gasteiger partial charge in [-0.15, -0.1) is 0 Å². The van der Waals surface area contributed by atoms with Gasteiger partial charge in [-0.2, -0.15) is 0 Å². The Morgan fingerprint density at radius 2 is 1.87 bits per heavy atom. The first kappa shape index (κ1) is 22.2. The molecule has 0 saturated carbocycles. The van der Waals surface area contributed by atoms with E-state index in [2.05, 4.69) is 66.7 Å². The SMILES string of the molecule is CCN1c2ccc(/C=C3\SC(=O)N(Cc4ccc(Br)cc4)C3=O)cc2[C@H](C)CC1(C)C. The molecule has 4 nitrogen and oxygen atoms in total. The summed E-state index contributed by atoms with van der Waals surface area (Å²) in [5.41, 5.74) is 4.60. The number of imide groups is 1. The number of anilines is 1. The van der Waals surface area contributed by atoms with Crippen LogP contribution in [0.25, 0.3) is 6.08 Å². The fourth-order valence-corrected chi connectivity index (χ4v) is 5.86. The summed E-state index contributed by atoms with van der Waals surface area (Å²) in [4.78, 5) is 29.7. The van der Waals surface area contributed by atoms with Gasteiger partial charge in [0.2, 0.25) is 0 Å². The average Bonchev–Trinajstić information content (AvgIpc) is 2.97. The maximum Gasteiger partial charge on any atom is 0.293 e. The number of amides is 2. The molecule has 6 heteroatoms. The van der Waals surface area contributed by atoms with Gasteiger partial charge in [-0.25, -0.2) is 0 Å². The molecule has 1 atom stereocenters. The molecule has 1 saturated heterocycles. The van der Waals surface area contributed by atoms with E-state index in [4.69, 9.17) is 0 Å². The largest absolute Gasteiger partial charge is 0.366 e. The lowest BCUT2D eigenvalue weighted by atomic mass is 9.79. The van der Waals surface area contributed by atoms with Crippen molar-refractivity contribution in [2.75, 3.05) is 11.4 Å². The molecule has 2 aromatic carbocycles. The van der Waals surface area contributed by atoms with Gasteiger partial charge in [-0.05, 0) is 91.9 Å². The smallest absolute Gasteiger partial charge is 0.293 e. The minimum Gasteiger partial charge on any atom is -0.366 e. The first-order valence-corrected chi connectivity index (χ1v) is 12.2. The molecule has 0 aliphatic carbocycles. The molecule has 0 unspecified atom stereocenters. The zero-order chi connectivity index (χ0) is 22.3. The fraction of sp³-hybridized carbons (Fsp3) is 0.360. The van der Waals surface area contributed by atoms with Gasteiger partial charge < -0.3 is 4.90 Å². The van der Waals surface area contributed by atoms with Crippen LogP contribution in [0.3, 0.4) is 0 Å². The number of hydrogen-bond acceptors (Lipinski definition) is 4. The summed E-state index contributed by atoms with van der Waals surface area (Å²) >= 11 is 4.43. The molecule has 0 radical (unpaired) electrons. The van der Waals surface area contributed by atoms with Gasteiger partial charge >= 0.3 is 0 Å². The second kappa shape index (κ2) is 8.47. The van der Waals surface area contributed by atoms with Crippen LogP contribution in [-0.2, 0) is 11.3 Å². The second-order valence-corrected chi connectivity index (χ2v) is 10.8. The zero-order valence-electron chi connectivity index (χ0n) is 18.3. The Morgan fingerprint density at radius 3 is 2.55 bits per heavy atom. The number of carbonyl (C=O) groups is 2. The van der Waals surface area contributed by atoms with Crippen molar-refractivity contribution in [1.82, 2.24) is 4.90 Å². The van der Waals surface area contributed by atoms with E-state index in [-0.39, 0.29) is 23.2 Å². The van der Waals surface area contributed by atoms with Crippen molar-refractivity contribution in [3.05, 3.63) is 68.5 Å². The molecule has 0 N–H and O–H groups in total. The summed E-state index contributed by atoms with van der Waals surface area (Å²) in [7, 11) is 0. The molecule has 4 rings (SSSR count). The number of hydrogen-bond donors (Lipinski definition) is 0. The lowest BCUT2D eigenvalue weighted by Crippen LogP contribution is -2.48. The lowest BCUT2D eigenvalue weighted by molar-refractivity contribution is -0.123. The zero-order valence-corrected chi connectivity index (χ0v) is 20.7. The van der Waals surface area contributed by atoms with Crippen molar-refractivity contribution in [3.63, 3.8) is 0 Å². The highest BCUT2D eigenvalue weighted by molar-refractivity contribution is 9.10. The Hall–Kier alpha value is -2.05. The highest BCUT2D eigenvalue weighted by atomic mass is 79.9. The Bertz CT molecular complexity index is 1060. The summed E-state index contributed by atoms with van der Waals surface area (Å²) in [6.07, 6.45) is 2.94. The second-order valence-electron chi connectivity index (χ2n) is 8.87. The van der Waals surface area contributed by atoms with E-state index >= 15 is 0 Å². The predicted octanol–water partition coefficient (Wildman–Crippen LogP) is 6.80. The molecule has 31 heavy (non-hydrogen) atoms. The van der Waals surface area contributed by atoms with Crippen LogP contribution in [0.5, 0.6) is 0 Å². The third kappa shape index (κ3) is 4.33. The maximum atomic E-state index is 12.9. The third-order valence-corrected chi connectivity index (χ3v) is 7.59. The summed E-state index contributed by atoms with van der Waals surface area (Å²) in [6, 6.07) is 14.1. The van der Waals surface area contributed by atoms with Crippen LogP contribution in [0.15, 0.2) is 51.8 Å². The average molecular weight is 499 g/mol. The van der Waals surface area contributed by atoms with E-state index in [1.165, 1.54) is 16.2 Å². The summed E-state index contributed by atoms with van der Waals surface area (Å²) in [5.74, 6) is 0.216. The van der Waals surface area contributed by atoms with Crippen LogP contribution in [0, 0.1) is 0 Å². The van der Waals surface area contributed by atoms with E-state index in [9.17, 15) is 9.59 Å². The normalized spacial score (nSPS) is 21.7. The Morgan fingerprint density at radius 1 is 1.16 bits per heavy atom.